The zero-order valence-corrected chi connectivity index (χ0v) is 17.1. The smallest absolute Gasteiger partial charge is 0.342 e. The van der Waals surface area contributed by atoms with E-state index in [1.807, 2.05) is 18.2 Å². The first kappa shape index (κ1) is 21.0. The van der Waals surface area contributed by atoms with Crippen LogP contribution in [-0.2, 0) is 9.53 Å². The summed E-state index contributed by atoms with van der Waals surface area (Å²) >= 11 is 17.8. The maximum Gasteiger partial charge on any atom is 0.342 e. The van der Waals surface area contributed by atoms with Crippen LogP contribution < -0.4 is 10.1 Å². The van der Waals surface area contributed by atoms with Crippen LogP contribution in [0.25, 0.3) is 0 Å². The highest BCUT2D eigenvalue weighted by atomic mass is 35.5. The Bertz CT molecular complexity index is 1040. The van der Waals surface area contributed by atoms with Crippen LogP contribution in [0, 0.1) is 0 Å². The van der Waals surface area contributed by atoms with E-state index in [1.165, 1.54) is 12.1 Å². The van der Waals surface area contributed by atoms with Crippen LogP contribution in [0.2, 0.25) is 15.1 Å². The van der Waals surface area contributed by atoms with Crippen molar-refractivity contribution in [1.82, 2.24) is 0 Å². The minimum absolute atomic E-state index is 0.191. The third kappa shape index (κ3) is 5.64. The molecule has 0 radical (unpaired) electrons. The summed E-state index contributed by atoms with van der Waals surface area (Å²) < 4.78 is 10.8. The lowest BCUT2D eigenvalue weighted by molar-refractivity contribution is -0.119. The number of carbonyl (C=O) groups is 2. The lowest BCUT2D eigenvalue weighted by Crippen LogP contribution is -2.21. The Labute approximate surface area is 182 Å². The van der Waals surface area contributed by atoms with E-state index < -0.39 is 18.5 Å². The van der Waals surface area contributed by atoms with Crippen LogP contribution in [0.1, 0.15) is 10.4 Å². The van der Waals surface area contributed by atoms with Gasteiger partial charge in [0, 0.05) is 0 Å². The summed E-state index contributed by atoms with van der Waals surface area (Å²) in [4.78, 5) is 24.5. The highest BCUT2D eigenvalue weighted by Crippen LogP contribution is 2.32. The highest BCUT2D eigenvalue weighted by molar-refractivity contribution is 6.44. The van der Waals surface area contributed by atoms with E-state index in [4.69, 9.17) is 44.3 Å². The highest BCUT2D eigenvalue weighted by Gasteiger charge is 2.17. The molecule has 0 heterocycles. The first-order chi connectivity index (χ1) is 13.9. The van der Waals surface area contributed by atoms with Crippen molar-refractivity contribution in [3.63, 3.8) is 0 Å². The van der Waals surface area contributed by atoms with E-state index >= 15 is 0 Å². The van der Waals surface area contributed by atoms with Crippen LogP contribution in [0.15, 0.2) is 66.7 Å². The topological polar surface area (TPSA) is 64.6 Å². The molecular formula is C21H14Cl3NO4. The SMILES string of the molecule is O=C(COC(=O)c1ccccc1Oc1ccccc1)Nc1cc(Cl)c(Cl)cc1Cl. The van der Waals surface area contributed by atoms with Crippen molar-refractivity contribution in [1.29, 1.82) is 0 Å². The summed E-state index contributed by atoms with van der Waals surface area (Å²) in [5, 5.41) is 3.22. The Morgan fingerprint density at radius 1 is 0.828 bits per heavy atom. The van der Waals surface area contributed by atoms with E-state index in [2.05, 4.69) is 5.32 Å². The predicted octanol–water partition coefficient (Wildman–Crippen LogP) is 6.23. The van der Waals surface area contributed by atoms with E-state index in [1.54, 1.807) is 36.4 Å². The quantitative estimate of drug-likeness (QED) is 0.357. The van der Waals surface area contributed by atoms with Gasteiger partial charge in [-0.05, 0) is 36.4 Å². The number of nitrogens with one attached hydrogen (secondary N) is 1. The largest absolute Gasteiger partial charge is 0.456 e. The summed E-state index contributed by atoms with van der Waals surface area (Å²) in [5.41, 5.74) is 0.451. The van der Waals surface area contributed by atoms with E-state index in [9.17, 15) is 9.59 Å². The molecule has 1 amide bonds. The van der Waals surface area contributed by atoms with Crippen LogP contribution in [0.5, 0.6) is 11.5 Å². The van der Waals surface area contributed by atoms with Crippen LogP contribution in [-0.4, -0.2) is 18.5 Å². The summed E-state index contributed by atoms with van der Waals surface area (Å²) in [6, 6.07) is 18.4. The molecule has 1 N–H and O–H groups in total. The number of halogens is 3. The van der Waals surface area contributed by atoms with Crippen molar-refractivity contribution >= 4 is 52.4 Å². The minimum atomic E-state index is -0.702. The second-order valence-corrected chi connectivity index (χ2v) is 7.00. The summed E-state index contributed by atoms with van der Waals surface area (Å²) in [6.45, 7) is -0.519. The molecule has 5 nitrogen and oxygen atoms in total. The molecule has 0 spiro atoms. The maximum atomic E-state index is 12.4. The fourth-order valence-electron chi connectivity index (χ4n) is 2.35. The molecule has 0 aliphatic heterocycles. The molecule has 0 aromatic heterocycles. The summed E-state index contributed by atoms with van der Waals surface area (Å²) in [5.74, 6) is -0.400. The molecule has 0 aliphatic carbocycles. The van der Waals surface area contributed by atoms with Crippen LogP contribution >= 0.6 is 34.8 Å². The lowest BCUT2D eigenvalue weighted by atomic mass is 10.2. The number of hydrogen-bond donors (Lipinski definition) is 1. The number of amides is 1. The van der Waals surface area contributed by atoms with Gasteiger partial charge in [-0.25, -0.2) is 4.79 Å². The van der Waals surface area contributed by atoms with Crippen molar-refractivity contribution in [2.24, 2.45) is 0 Å². The van der Waals surface area contributed by atoms with Gasteiger partial charge in [0.1, 0.15) is 17.1 Å². The Balaban J connectivity index is 1.64. The summed E-state index contributed by atoms with van der Waals surface area (Å²) in [6.07, 6.45) is 0. The second kappa shape index (κ2) is 9.65. The number of carbonyl (C=O) groups excluding carboxylic acids is 2. The first-order valence-corrected chi connectivity index (χ1v) is 9.51. The van der Waals surface area contributed by atoms with Gasteiger partial charge in [0.05, 0.1) is 20.8 Å². The average Bonchev–Trinajstić information content (AvgIpc) is 2.71. The van der Waals surface area contributed by atoms with Gasteiger partial charge in [0.15, 0.2) is 6.61 Å². The molecule has 3 rings (SSSR count). The Morgan fingerprint density at radius 3 is 2.24 bits per heavy atom. The molecule has 0 atom stereocenters. The van der Waals surface area contributed by atoms with Gasteiger partial charge >= 0.3 is 5.97 Å². The maximum absolute atomic E-state index is 12.4. The Hall–Kier alpha value is -2.73. The molecule has 3 aromatic rings. The molecule has 0 saturated heterocycles. The van der Waals surface area contributed by atoms with Gasteiger partial charge in [0.25, 0.3) is 5.91 Å². The standard InChI is InChI=1S/C21H14Cl3NO4/c22-15-10-17(24)18(11-16(15)23)25-20(26)12-28-21(27)14-8-4-5-9-19(14)29-13-6-2-1-3-7-13/h1-11H,12H2,(H,25,26). The van der Waals surface area contributed by atoms with E-state index in [0.717, 1.165) is 0 Å². The lowest BCUT2D eigenvalue weighted by Gasteiger charge is -2.12. The molecule has 8 heteroatoms. The fourth-order valence-corrected chi connectivity index (χ4v) is 2.95. The zero-order valence-electron chi connectivity index (χ0n) is 14.8. The molecule has 0 unspecified atom stereocenters. The van der Waals surface area contributed by atoms with Gasteiger partial charge in [-0.1, -0.05) is 65.1 Å². The third-order valence-electron chi connectivity index (χ3n) is 3.70. The van der Waals surface area contributed by atoms with Crippen LogP contribution in [0.4, 0.5) is 5.69 Å². The van der Waals surface area contributed by atoms with Crippen molar-refractivity contribution in [2.75, 3.05) is 11.9 Å². The molecule has 3 aromatic carbocycles. The number of anilines is 1. The minimum Gasteiger partial charge on any atom is -0.456 e. The Morgan fingerprint density at radius 2 is 1.48 bits per heavy atom. The first-order valence-electron chi connectivity index (χ1n) is 8.37. The number of hydrogen-bond acceptors (Lipinski definition) is 4. The molecule has 0 saturated carbocycles. The van der Waals surface area contributed by atoms with Gasteiger partial charge in [-0.3, -0.25) is 4.79 Å². The number of rotatable bonds is 6. The van der Waals surface area contributed by atoms with Gasteiger partial charge < -0.3 is 14.8 Å². The number of ether oxygens (including phenoxy) is 2. The molecule has 148 valence electrons. The van der Waals surface area contributed by atoms with Crippen LogP contribution in [0.3, 0.4) is 0 Å². The molecule has 0 bridgehead atoms. The van der Waals surface area contributed by atoms with Gasteiger partial charge in [-0.15, -0.1) is 0 Å². The molecule has 29 heavy (non-hydrogen) atoms. The Kier molecular flexibility index (Phi) is 6.99. The number of para-hydroxylation sites is 2. The van der Waals surface area contributed by atoms with Crippen molar-refractivity contribution in [3.05, 3.63) is 87.4 Å². The van der Waals surface area contributed by atoms with Gasteiger partial charge in [-0.2, -0.15) is 0 Å². The molecule has 0 aliphatic rings. The van der Waals surface area contributed by atoms with E-state index in [0.29, 0.717) is 11.5 Å². The second-order valence-electron chi connectivity index (χ2n) is 5.78. The monoisotopic (exact) mass is 449 g/mol. The average molecular weight is 451 g/mol. The van der Waals surface area contributed by atoms with Crippen molar-refractivity contribution in [2.45, 2.75) is 0 Å². The van der Waals surface area contributed by atoms with E-state index in [-0.39, 0.29) is 26.3 Å². The third-order valence-corrected chi connectivity index (χ3v) is 4.73. The number of esters is 1. The normalized spacial score (nSPS) is 10.3. The fraction of sp³-hybridized carbons (Fsp3) is 0.0476. The summed E-state index contributed by atoms with van der Waals surface area (Å²) in [7, 11) is 0. The van der Waals surface area contributed by atoms with Crippen molar-refractivity contribution < 1.29 is 19.1 Å². The molecule has 0 fully saturated rings. The predicted molar refractivity (Wildman–Crippen MR) is 113 cm³/mol. The molecular weight excluding hydrogens is 437 g/mol. The van der Waals surface area contributed by atoms with Gasteiger partial charge in [0.2, 0.25) is 0 Å². The zero-order chi connectivity index (χ0) is 20.8. The van der Waals surface area contributed by atoms with Crippen molar-refractivity contribution in [3.8, 4) is 11.5 Å². The number of benzene rings is 3.